The lowest BCUT2D eigenvalue weighted by Gasteiger charge is -2.30. The molecule has 0 spiro atoms. The van der Waals surface area contributed by atoms with Crippen LogP contribution in [-0.4, -0.2) is 47.9 Å². The van der Waals surface area contributed by atoms with Crippen LogP contribution < -0.4 is 0 Å². The standard InChI is InChI=1S/C23H27ClN2O3.ClH/c1-16-6-3-4-8-20(16)22(21-10-9-19(24)14-17(21)2)25-29-13-12-26-11-5-7-18(15-26)23(27)28;/h3-4,6,8-10,14,18H,5,7,11-13,15H2,1-2H3,(H,27,28);1H/b25-22-;. The highest BCUT2D eigenvalue weighted by Crippen LogP contribution is 2.21. The van der Waals surface area contributed by atoms with Gasteiger partial charge in [0.05, 0.1) is 5.92 Å². The predicted molar refractivity (Wildman–Crippen MR) is 123 cm³/mol. The molecule has 1 heterocycles. The molecular formula is C23H28Cl2N2O3. The molecule has 1 fully saturated rings. The van der Waals surface area contributed by atoms with E-state index in [4.69, 9.17) is 16.4 Å². The normalized spacial score (nSPS) is 17.3. The second kappa shape index (κ2) is 11.3. The van der Waals surface area contributed by atoms with E-state index in [2.05, 4.69) is 23.0 Å². The summed E-state index contributed by atoms with van der Waals surface area (Å²) in [5, 5.41) is 14.4. The molecule has 1 aliphatic heterocycles. The summed E-state index contributed by atoms with van der Waals surface area (Å²) >= 11 is 6.13. The lowest BCUT2D eigenvalue weighted by molar-refractivity contribution is -0.143. The number of hydrogen-bond donors (Lipinski definition) is 1. The van der Waals surface area contributed by atoms with Crippen molar-refractivity contribution >= 4 is 35.7 Å². The van der Waals surface area contributed by atoms with Gasteiger partial charge in [0.25, 0.3) is 0 Å². The number of halogens is 2. The number of carbonyl (C=O) groups is 1. The molecule has 0 saturated carbocycles. The van der Waals surface area contributed by atoms with E-state index in [1.54, 1.807) is 0 Å². The third-order valence-corrected chi connectivity index (χ3v) is 5.59. The summed E-state index contributed by atoms with van der Waals surface area (Å²) in [6.45, 7) is 6.61. The van der Waals surface area contributed by atoms with E-state index < -0.39 is 5.97 Å². The Morgan fingerprint density at radius 1 is 1.20 bits per heavy atom. The first-order valence-electron chi connectivity index (χ1n) is 9.93. The first-order valence-corrected chi connectivity index (χ1v) is 10.3. The molecule has 1 N–H and O–H groups in total. The number of oxime groups is 1. The topological polar surface area (TPSA) is 62.1 Å². The maximum absolute atomic E-state index is 11.2. The highest BCUT2D eigenvalue weighted by atomic mass is 35.5. The molecule has 0 aliphatic carbocycles. The van der Waals surface area contributed by atoms with Crippen LogP contribution in [0.25, 0.3) is 0 Å². The molecule has 0 aromatic heterocycles. The van der Waals surface area contributed by atoms with Crippen LogP contribution in [0.2, 0.25) is 5.02 Å². The number of likely N-dealkylation sites (tertiary alicyclic amines) is 1. The molecule has 30 heavy (non-hydrogen) atoms. The molecule has 2 aromatic carbocycles. The molecule has 1 saturated heterocycles. The number of benzene rings is 2. The molecule has 2 aromatic rings. The largest absolute Gasteiger partial charge is 0.481 e. The highest BCUT2D eigenvalue weighted by Gasteiger charge is 2.25. The second-order valence-electron chi connectivity index (χ2n) is 7.53. The van der Waals surface area contributed by atoms with Crippen molar-refractivity contribution in [1.29, 1.82) is 0 Å². The van der Waals surface area contributed by atoms with Crippen LogP contribution in [-0.2, 0) is 9.63 Å². The van der Waals surface area contributed by atoms with E-state index in [-0.39, 0.29) is 18.3 Å². The van der Waals surface area contributed by atoms with Gasteiger partial charge in [0.2, 0.25) is 0 Å². The van der Waals surface area contributed by atoms with Gasteiger partial charge in [-0.3, -0.25) is 9.69 Å². The highest BCUT2D eigenvalue weighted by molar-refractivity contribution is 6.31. The average molecular weight is 451 g/mol. The zero-order chi connectivity index (χ0) is 20.8. The van der Waals surface area contributed by atoms with Crippen molar-refractivity contribution in [2.75, 3.05) is 26.2 Å². The lowest BCUT2D eigenvalue weighted by atomic mass is 9.95. The molecular weight excluding hydrogens is 423 g/mol. The van der Waals surface area contributed by atoms with E-state index in [1.807, 2.05) is 43.3 Å². The SMILES string of the molecule is Cc1ccccc1/C(=N/OCCN1CCCC(C(=O)O)C1)c1ccc(Cl)cc1C.Cl. The minimum absolute atomic E-state index is 0. The summed E-state index contributed by atoms with van der Waals surface area (Å²) in [4.78, 5) is 19.1. The Hall–Kier alpha value is -2.08. The van der Waals surface area contributed by atoms with Gasteiger partial charge in [-0.25, -0.2) is 0 Å². The van der Waals surface area contributed by atoms with Crippen LogP contribution in [0.15, 0.2) is 47.6 Å². The van der Waals surface area contributed by atoms with Gasteiger partial charge in [0.1, 0.15) is 12.3 Å². The first-order chi connectivity index (χ1) is 14.0. The fourth-order valence-corrected chi connectivity index (χ4v) is 3.94. The third kappa shape index (κ3) is 6.21. The maximum Gasteiger partial charge on any atom is 0.307 e. The monoisotopic (exact) mass is 450 g/mol. The van der Waals surface area contributed by atoms with Crippen molar-refractivity contribution in [2.45, 2.75) is 26.7 Å². The minimum Gasteiger partial charge on any atom is -0.481 e. The van der Waals surface area contributed by atoms with Crippen molar-refractivity contribution in [3.63, 3.8) is 0 Å². The molecule has 0 bridgehead atoms. The number of nitrogens with zero attached hydrogens (tertiary/aromatic N) is 2. The molecule has 1 unspecified atom stereocenters. The molecule has 162 valence electrons. The predicted octanol–water partition coefficient (Wildman–Crippen LogP) is 4.94. The molecule has 5 nitrogen and oxygen atoms in total. The van der Waals surface area contributed by atoms with Gasteiger partial charge >= 0.3 is 5.97 Å². The van der Waals surface area contributed by atoms with Crippen molar-refractivity contribution < 1.29 is 14.7 Å². The number of carboxylic acids is 1. The number of rotatable bonds is 7. The maximum atomic E-state index is 11.2. The number of aliphatic carboxylic acids is 1. The number of aryl methyl sites for hydroxylation is 2. The van der Waals surface area contributed by atoms with Crippen LogP contribution in [0.4, 0.5) is 0 Å². The minimum atomic E-state index is -0.714. The van der Waals surface area contributed by atoms with Crippen LogP contribution in [0, 0.1) is 19.8 Å². The van der Waals surface area contributed by atoms with Gasteiger partial charge in [0.15, 0.2) is 0 Å². The van der Waals surface area contributed by atoms with Gasteiger partial charge in [-0.2, -0.15) is 0 Å². The van der Waals surface area contributed by atoms with Crippen LogP contribution in [0.3, 0.4) is 0 Å². The number of hydrogen-bond acceptors (Lipinski definition) is 4. The molecule has 3 rings (SSSR count). The van der Waals surface area contributed by atoms with Crippen molar-refractivity contribution in [1.82, 2.24) is 4.90 Å². The van der Waals surface area contributed by atoms with E-state index in [1.165, 1.54) is 0 Å². The Bertz CT molecular complexity index is 902. The van der Waals surface area contributed by atoms with Gasteiger partial charge in [0, 0.05) is 29.2 Å². The van der Waals surface area contributed by atoms with Gasteiger partial charge in [-0.15, -0.1) is 12.4 Å². The quantitative estimate of drug-likeness (QED) is 0.368. The molecule has 1 aliphatic rings. The molecule has 0 amide bonds. The second-order valence-corrected chi connectivity index (χ2v) is 7.96. The fraction of sp³-hybridized carbons (Fsp3) is 0.391. The summed E-state index contributed by atoms with van der Waals surface area (Å²) in [5.41, 5.74) is 4.92. The fourth-order valence-electron chi connectivity index (χ4n) is 3.72. The molecule has 7 heteroatoms. The Morgan fingerprint density at radius 2 is 1.93 bits per heavy atom. The van der Waals surface area contributed by atoms with Crippen molar-refractivity contribution in [2.24, 2.45) is 11.1 Å². The summed E-state index contributed by atoms with van der Waals surface area (Å²) in [6, 6.07) is 13.8. The van der Waals surface area contributed by atoms with E-state index in [0.29, 0.717) is 24.7 Å². The van der Waals surface area contributed by atoms with Crippen LogP contribution >= 0.6 is 24.0 Å². The lowest BCUT2D eigenvalue weighted by Crippen LogP contribution is -2.40. The molecule has 0 radical (unpaired) electrons. The zero-order valence-corrected chi connectivity index (χ0v) is 18.9. The first kappa shape index (κ1) is 24.2. The zero-order valence-electron chi connectivity index (χ0n) is 17.3. The van der Waals surface area contributed by atoms with E-state index in [9.17, 15) is 9.90 Å². The number of piperidine rings is 1. The van der Waals surface area contributed by atoms with Crippen LogP contribution in [0.5, 0.6) is 0 Å². The van der Waals surface area contributed by atoms with Crippen molar-refractivity contribution in [3.8, 4) is 0 Å². The van der Waals surface area contributed by atoms with E-state index >= 15 is 0 Å². The summed E-state index contributed by atoms with van der Waals surface area (Å²) in [5.74, 6) is -1.000. The summed E-state index contributed by atoms with van der Waals surface area (Å²) in [6.07, 6.45) is 1.65. The third-order valence-electron chi connectivity index (χ3n) is 5.35. The summed E-state index contributed by atoms with van der Waals surface area (Å²) in [7, 11) is 0. The summed E-state index contributed by atoms with van der Waals surface area (Å²) < 4.78 is 0. The average Bonchev–Trinajstić information content (AvgIpc) is 2.70. The number of carboxylic acid groups (broad SMARTS) is 1. The van der Waals surface area contributed by atoms with E-state index in [0.717, 1.165) is 47.4 Å². The van der Waals surface area contributed by atoms with Gasteiger partial charge in [-0.1, -0.05) is 47.1 Å². The Morgan fingerprint density at radius 3 is 2.63 bits per heavy atom. The Kier molecular flexibility index (Phi) is 9.15. The Labute approximate surface area is 189 Å². The molecule has 1 atom stereocenters. The van der Waals surface area contributed by atoms with Gasteiger partial charge < -0.3 is 9.94 Å². The Balaban J connectivity index is 0.00000320. The van der Waals surface area contributed by atoms with Crippen LogP contribution in [0.1, 0.15) is 35.1 Å². The van der Waals surface area contributed by atoms with Gasteiger partial charge in [-0.05, 0) is 56.5 Å². The smallest absolute Gasteiger partial charge is 0.307 e. The van der Waals surface area contributed by atoms with Crippen molar-refractivity contribution in [3.05, 3.63) is 69.7 Å².